The maximum absolute atomic E-state index is 12.1. The molecule has 0 radical (unpaired) electrons. The summed E-state index contributed by atoms with van der Waals surface area (Å²) in [5, 5.41) is 0.470. The van der Waals surface area contributed by atoms with Gasteiger partial charge in [0.1, 0.15) is 11.5 Å². The van der Waals surface area contributed by atoms with Crippen LogP contribution in [0.2, 0.25) is 5.02 Å². The number of hydrogen-bond donors (Lipinski definition) is 0. The van der Waals surface area contributed by atoms with Crippen molar-refractivity contribution in [2.75, 3.05) is 13.2 Å². The predicted molar refractivity (Wildman–Crippen MR) is 86.6 cm³/mol. The molecule has 0 aliphatic rings. The van der Waals surface area contributed by atoms with Crippen molar-refractivity contribution >= 4 is 33.3 Å². The molecule has 5 heteroatoms. The van der Waals surface area contributed by atoms with E-state index in [1.165, 1.54) is 0 Å². The molecule has 0 N–H and O–H groups in total. The topological polar surface area (TPSA) is 35.5 Å². The molecule has 2 aromatic rings. The summed E-state index contributed by atoms with van der Waals surface area (Å²) in [5.74, 6) is 1.10. The van der Waals surface area contributed by atoms with Crippen LogP contribution in [0.15, 0.2) is 46.9 Å². The van der Waals surface area contributed by atoms with E-state index in [2.05, 4.69) is 15.9 Å². The van der Waals surface area contributed by atoms with Crippen LogP contribution < -0.4 is 9.47 Å². The van der Waals surface area contributed by atoms with E-state index in [9.17, 15) is 4.79 Å². The lowest BCUT2D eigenvalue weighted by Gasteiger charge is -2.08. The molecule has 0 spiro atoms. The van der Waals surface area contributed by atoms with E-state index in [0.29, 0.717) is 22.9 Å². The minimum Gasteiger partial charge on any atom is -0.494 e. The normalized spacial score (nSPS) is 10.2. The number of halogens is 2. The zero-order valence-corrected chi connectivity index (χ0v) is 13.8. The summed E-state index contributed by atoms with van der Waals surface area (Å²) in [6.45, 7) is 2.44. The zero-order valence-electron chi connectivity index (χ0n) is 11.4. The van der Waals surface area contributed by atoms with Crippen LogP contribution in [0.3, 0.4) is 0 Å². The van der Waals surface area contributed by atoms with Crippen LogP contribution in [-0.2, 0) is 0 Å². The Kier molecular flexibility index (Phi) is 5.65. The van der Waals surface area contributed by atoms with E-state index < -0.39 is 0 Å². The van der Waals surface area contributed by atoms with E-state index in [1.54, 1.807) is 36.4 Å². The molecule has 0 saturated heterocycles. The van der Waals surface area contributed by atoms with E-state index in [4.69, 9.17) is 21.1 Å². The smallest absolute Gasteiger partial charge is 0.200 e. The molecule has 0 atom stereocenters. The highest BCUT2D eigenvalue weighted by Gasteiger charge is 2.09. The van der Waals surface area contributed by atoms with E-state index in [0.717, 1.165) is 10.2 Å². The molecular weight excluding hydrogens is 356 g/mol. The monoisotopic (exact) mass is 368 g/mol. The van der Waals surface area contributed by atoms with Crippen LogP contribution in [0.4, 0.5) is 0 Å². The lowest BCUT2D eigenvalue weighted by atomic mass is 10.1. The molecule has 0 aliphatic carbocycles. The number of benzene rings is 2. The maximum atomic E-state index is 12.1. The third-order valence-corrected chi connectivity index (χ3v) is 3.54. The maximum Gasteiger partial charge on any atom is 0.200 e. The van der Waals surface area contributed by atoms with Gasteiger partial charge in [-0.15, -0.1) is 0 Å². The average molecular weight is 370 g/mol. The second kappa shape index (κ2) is 7.48. The van der Waals surface area contributed by atoms with Gasteiger partial charge in [-0.1, -0.05) is 27.5 Å². The molecule has 0 aromatic heterocycles. The Balaban J connectivity index is 1.99. The molecule has 0 fully saturated rings. The molecule has 0 amide bonds. The Morgan fingerprint density at radius 1 is 1.14 bits per heavy atom. The summed E-state index contributed by atoms with van der Waals surface area (Å²) >= 11 is 9.34. The molecule has 3 nitrogen and oxygen atoms in total. The Bertz CT molecular complexity index is 626. The molecule has 0 bridgehead atoms. The van der Waals surface area contributed by atoms with Crippen molar-refractivity contribution in [3.8, 4) is 11.5 Å². The fourth-order valence-corrected chi connectivity index (χ4v) is 2.23. The molecular formula is C16H14BrClO3. The number of Topliss-reactive ketones (excluding diaryl/α,β-unsaturated/α-hetero) is 1. The average Bonchev–Trinajstić information content (AvgIpc) is 2.49. The molecule has 2 aromatic carbocycles. The largest absolute Gasteiger partial charge is 0.494 e. The molecule has 0 aliphatic heterocycles. The first-order chi connectivity index (χ1) is 10.1. The van der Waals surface area contributed by atoms with Crippen LogP contribution >= 0.6 is 27.5 Å². The minimum atomic E-state index is -0.117. The number of rotatable bonds is 6. The van der Waals surface area contributed by atoms with Gasteiger partial charge in [-0.2, -0.15) is 0 Å². The third-order valence-electron chi connectivity index (χ3n) is 2.74. The Labute approximate surface area is 137 Å². The highest BCUT2D eigenvalue weighted by Crippen LogP contribution is 2.28. The molecule has 0 heterocycles. The van der Waals surface area contributed by atoms with Gasteiger partial charge in [0.2, 0.25) is 0 Å². The second-order valence-electron chi connectivity index (χ2n) is 4.24. The molecule has 2 rings (SSSR count). The first-order valence-corrected chi connectivity index (χ1v) is 7.61. The van der Waals surface area contributed by atoms with Crippen molar-refractivity contribution in [1.82, 2.24) is 0 Å². The minimum absolute atomic E-state index is 0.0653. The Morgan fingerprint density at radius 2 is 1.86 bits per heavy atom. The van der Waals surface area contributed by atoms with Crippen molar-refractivity contribution in [3.63, 3.8) is 0 Å². The van der Waals surface area contributed by atoms with Crippen molar-refractivity contribution in [3.05, 3.63) is 57.5 Å². The second-order valence-corrected chi connectivity index (χ2v) is 5.57. The number of carbonyl (C=O) groups is 1. The number of hydrogen-bond acceptors (Lipinski definition) is 3. The van der Waals surface area contributed by atoms with E-state index in [-0.39, 0.29) is 12.4 Å². The summed E-state index contributed by atoms with van der Waals surface area (Å²) in [7, 11) is 0. The summed E-state index contributed by atoms with van der Waals surface area (Å²) < 4.78 is 11.6. The summed E-state index contributed by atoms with van der Waals surface area (Å²) in [5.41, 5.74) is 0.574. The number of ketones is 1. The van der Waals surface area contributed by atoms with Gasteiger partial charge in [0.25, 0.3) is 0 Å². The fourth-order valence-electron chi connectivity index (χ4n) is 1.72. The van der Waals surface area contributed by atoms with Crippen molar-refractivity contribution in [1.29, 1.82) is 0 Å². The summed E-state index contributed by atoms with van der Waals surface area (Å²) in [4.78, 5) is 12.1. The van der Waals surface area contributed by atoms with Crippen LogP contribution in [0, 0.1) is 0 Å². The Hall–Kier alpha value is -1.52. The van der Waals surface area contributed by atoms with Gasteiger partial charge in [-0.3, -0.25) is 4.79 Å². The first kappa shape index (κ1) is 15.9. The molecule has 21 heavy (non-hydrogen) atoms. The zero-order chi connectivity index (χ0) is 15.2. The fraction of sp³-hybridized carbons (Fsp3) is 0.188. The molecule has 110 valence electrons. The predicted octanol–water partition coefficient (Wildman–Crippen LogP) is 4.76. The van der Waals surface area contributed by atoms with Crippen molar-refractivity contribution in [2.45, 2.75) is 6.92 Å². The van der Waals surface area contributed by atoms with Gasteiger partial charge in [0.05, 0.1) is 11.6 Å². The van der Waals surface area contributed by atoms with Gasteiger partial charge >= 0.3 is 0 Å². The number of ether oxygens (including phenoxy) is 2. The van der Waals surface area contributed by atoms with Crippen LogP contribution in [-0.4, -0.2) is 19.0 Å². The third kappa shape index (κ3) is 4.48. The SMILES string of the molecule is CCOc1ccc(C(=O)COc2cc(Br)ccc2Cl)cc1. The van der Waals surface area contributed by atoms with Crippen LogP contribution in [0.25, 0.3) is 0 Å². The lowest BCUT2D eigenvalue weighted by Crippen LogP contribution is -2.11. The molecule has 0 saturated carbocycles. The summed E-state index contributed by atoms with van der Waals surface area (Å²) in [6, 6.07) is 12.2. The van der Waals surface area contributed by atoms with Crippen molar-refractivity contribution < 1.29 is 14.3 Å². The van der Waals surface area contributed by atoms with Gasteiger partial charge in [-0.25, -0.2) is 0 Å². The first-order valence-electron chi connectivity index (χ1n) is 6.44. The van der Waals surface area contributed by atoms with Gasteiger partial charge < -0.3 is 9.47 Å². The lowest BCUT2D eigenvalue weighted by molar-refractivity contribution is 0.0921. The summed E-state index contributed by atoms with van der Waals surface area (Å²) in [6.07, 6.45) is 0. The van der Waals surface area contributed by atoms with Crippen LogP contribution in [0.5, 0.6) is 11.5 Å². The number of carbonyl (C=O) groups excluding carboxylic acids is 1. The van der Waals surface area contributed by atoms with Gasteiger partial charge in [0.15, 0.2) is 12.4 Å². The highest BCUT2D eigenvalue weighted by atomic mass is 79.9. The van der Waals surface area contributed by atoms with Crippen LogP contribution in [0.1, 0.15) is 17.3 Å². The Morgan fingerprint density at radius 3 is 2.52 bits per heavy atom. The van der Waals surface area contributed by atoms with E-state index in [1.807, 2.05) is 13.0 Å². The standard InChI is InChI=1S/C16H14BrClO3/c1-2-20-13-6-3-11(4-7-13)15(19)10-21-16-9-12(17)5-8-14(16)18/h3-9H,2,10H2,1H3. The van der Waals surface area contributed by atoms with Crippen molar-refractivity contribution in [2.24, 2.45) is 0 Å². The quantitative estimate of drug-likeness (QED) is 0.689. The highest BCUT2D eigenvalue weighted by molar-refractivity contribution is 9.10. The van der Waals surface area contributed by atoms with E-state index >= 15 is 0 Å². The van der Waals surface area contributed by atoms with Gasteiger partial charge in [-0.05, 0) is 49.4 Å². The molecule has 0 unspecified atom stereocenters. The van der Waals surface area contributed by atoms with Gasteiger partial charge in [0, 0.05) is 10.0 Å².